The number of hydrogen-bond acceptors (Lipinski definition) is 3. The highest BCUT2D eigenvalue weighted by Crippen LogP contribution is 2.19. The van der Waals surface area contributed by atoms with Crippen LogP contribution in [0.2, 0.25) is 0 Å². The van der Waals surface area contributed by atoms with Gasteiger partial charge in [-0.25, -0.2) is 14.4 Å². The number of nitrogens with zero attached hydrogens (tertiary/aromatic N) is 2. The molecule has 2 rings (SSSR count). The third kappa shape index (κ3) is 3.26. The summed E-state index contributed by atoms with van der Waals surface area (Å²) in [7, 11) is 0. The molecule has 0 aliphatic heterocycles. The molecule has 2 aromatic rings. The van der Waals surface area contributed by atoms with E-state index in [2.05, 4.69) is 15.3 Å². The van der Waals surface area contributed by atoms with E-state index in [-0.39, 0.29) is 11.4 Å². The van der Waals surface area contributed by atoms with Gasteiger partial charge in [-0.05, 0) is 51.1 Å². The number of nitrogens with one attached hydrogen (secondary N) is 1. The summed E-state index contributed by atoms with van der Waals surface area (Å²) in [6, 6.07) is 8.07. The van der Waals surface area contributed by atoms with Gasteiger partial charge in [0.2, 0.25) is 5.95 Å². The van der Waals surface area contributed by atoms with Crippen LogP contribution in [-0.4, -0.2) is 15.5 Å². The quantitative estimate of drug-likeness (QED) is 0.880. The van der Waals surface area contributed by atoms with Crippen LogP contribution in [0, 0.1) is 5.82 Å². The second-order valence-corrected chi connectivity index (χ2v) is 5.15. The Morgan fingerprint density at radius 2 is 1.72 bits per heavy atom. The lowest BCUT2D eigenvalue weighted by molar-refractivity contribution is 0.626. The minimum Gasteiger partial charge on any atom is -0.350 e. The fraction of sp³-hybridized carbons (Fsp3) is 0.286. The van der Waals surface area contributed by atoms with Crippen LogP contribution in [0.15, 0.2) is 36.5 Å². The van der Waals surface area contributed by atoms with E-state index in [9.17, 15) is 4.39 Å². The predicted octanol–water partition coefficient (Wildman–Crippen LogP) is 3.49. The van der Waals surface area contributed by atoms with Crippen LogP contribution in [0.1, 0.15) is 20.8 Å². The van der Waals surface area contributed by atoms with Gasteiger partial charge < -0.3 is 5.32 Å². The lowest BCUT2D eigenvalue weighted by atomic mass is 10.1. The smallest absolute Gasteiger partial charge is 0.223 e. The van der Waals surface area contributed by atoms with Crippen molar-refractivity contribution in [3.63, 3.8) is 0 Å². The Labute approximate surface area is 106 Å². The highest BCUT2D eigenvalue weighted by Gasteiger charge is 2.11. The normalized spacial score (nSPS) is 11.3. The van der Waals surface area contributed by atoms with Crippen molar-refractivity contribution in [2.24, 2.45) is 0 Å². The van der Waals surface area contributed by atoms with E-state index in [0.717, 1.165) is 11.3 Å². The number of halogens is 1. The molecule has 18 heavy (non-hydrogen) atoms. The Morgan fingerprint density at radius 3 is 2.33 bits per heavy atom. The number of rotatable bonds is 2. The molecule has 0 atom stereocenters. The molecule has 4 heteroatoms. The molecule has 1 aromatic heterocycles. The number of aromatic nitrogens is 2. The minimum absolute atomic E-state index is 0.0958. The maximum absolute atomic E-state index is 12.9. The first kappa shape index (κ1) is 12.5. The first-order valence-corrected chi connectivity index (χ1v) is 5.81. The van der Waals surface area contributed by atoms with Gasteiger partial charge in [-0.15, -0.1) is 0 Å². The van der Waals surface area contributed by atoms with E-state index in [1.807, 2.05) is 20.8 Å². The second-order valence-electron chi connectivity index (χ2n) is 5.15. The van der Waals surface area contributed by atoms with Gasteiger partial charge in [0.15, 0.2) is 0 Å². The number of hydrogen-bond donors (Lipinski definition) is 1. The van der Waals surface area contributed by atoms with Crippen LogP contribution >= 0.6 is 0 Å². The van der Waals surface area contributed by atoms with Crippen molar-refractivity contribution >= 4 is 5.95 Å². The third-order valence-corrected chi connectivity index (χ3v) is 2.28. The van der Waals surface area contributed by atoms with E-state index in [4.69, 9.17) is 0 Å². The molecule has 0 spiro atoms. The molecule has 0 aliphatic rings. The van der Waals surface area contributed by atoms with Crippen LogP contribution in [0.25, 0.3) is 11.3 Å². The summed E-state index contributed by atoms with van der Waals surface area (Å²) in [5.41, 5.74) is 1.55. The van der Waals surface area contributed by atoms with Gasteiger partial charge in [0.1, 0.15) is 5.82 Å². The van der Waals surface area contributed by atoms with Crippen LogP contribution in [0.5, 0.6) is 0 Å². The lowest BCUT2D eigenvalue weighted by Crippen LogP contribution is -2.27. The number of anilines is 1. The van der Waals surface area contributed by atoms with Crippen molar-refractivity contribution < 1.29 is 4.39 Å². The fourth-order valence-corrected chi connectivity index (χ4v) is 1.54. The van der Waals surface area contributed by atoms with E-state index in [1.165, 1.54) is 12.1 Å². The summed E-state index contributed by atoms with van der Waals surface area (Å²) in [4.78, 5) is 8.58. The number of benzene rings is 1. The average molecular weight is 245 g/mol. The Morgan fingerprint density at radius 1 is 1.06 bits per heavy atom. The van der Waals surface area contributed by atoms with Crippen molar-refractivity contribution in [2.75, 3.05) is 5.32 Å². The predicted molar refractivity (Wildman–Crippen MR) is 70.8 cm³/mol. The minimum atomic E-state index is -0.249. The zero-order chi connectivity index (χ0) is 13.2. The van der Waals surface area contributed by atoms with Gasteiger partial charge in [0, 0.05) is 17.3 Å². The zero-order valence-electron chi connectivity index (χ0n) is 10.7. The summed E-state index contributed by atoms with van der Waals surface area (Å²) < 4.78 is 12.9. The molecular formula is C14H16FN3. The molecule has 0 saturated carbocycles. The summed E-state index contributed by atoms with van der Waals surface area (Å²) in [6.07, 6.45) is 1.69. The Hall–Kier alpha value is -1.97. The molecular weight excluding hydrogens is 229 g/mol. The first-order valence-electron chi connectivity index (χ1n) is 5.81. The van der Waals surface area contributed by atoms with Crippen LogP contribution in [0.4, 0.5) is 10.3 Å². The summed E-state index contributed by atoms with van der Waals surface area (Å²) >= 11 is 0. The standard InChI is InChI=1S/C14H16FN3/c1-14(2,3)18-13-16-9-8-12(17-13)10-4-6-11(15)7-5-10/h4-9H,1-3H3,(H,16,17,18). The van der Waals surface area contributed by atoms with Gasteiger partial charge in [0.05, 0.1) is 5.69 Å². The fourth-order valence-electron chi connectivity index (χ4n) is 1.54. The Kier molecular flexibility index (Phi) is 3.28. The summed E-state index contributed by atoms with van der Waals surface area (Å²) in [5.74, 6) is 0.324. The molecule has 1 heterocycles. The molecule has 3 nitrogen and oxygen atoms in total. The zero-order valence-corrected chi connectivity index (χ0v) is 10.7. The summed E-state index contributed by atoms with van der Waals surface area (Å²) in [5, 5.41) is 3.21. The highest BCUT2D eigenvalue weighted by atomic mass is 19.1. The average Bonchev–Trinajstić information content (AvgIpc) is 2.28. The molecule has 0 radical (unpaired) electrons. The monoisotopic (exact) mass is 245 g/mol. The molecule has 94 valence electrons. The molecule has 1 aromatic carbocycles. The lowest BCUT2D eigenvalue weighted by Gasteiger charge is -2.20. The second kappa shape index (κ2) is 4.72. The van der Waals surface area contributed by atoms with Crippen molar-refractivity contribution in [3.8, 4) is 11.3 Å². The SMILES string of the molecule is CC(C)(C)Nc1nccc(-c2ccc(F)cc2)n1. The molecule has 0 fully saturated rings. The van der Waals surface area contributed by atoms with E-state index >= 15 is 0 Å². The topological polar surface area (TPSA) is 37.8 Å². The maximum Gasteiger partial charge on any atom is 0.223 e. The van der Waals surface area contributed by atoms with Crippen molar-refractivity contribution in [2.45, 2.75) is 26.3 Å². The molecule has 0 aliphatic carbocycles. The van der Waals surface area contributed by atoms with Gasteiger partial charge in [0.25, 0.3) is 0 Å². The molecule has 0 saturated heterocycles. The molecule has 0 amide bonds. The highest BCUT2D eigenvalue weighted by molar-refractivity contribution is 5.59. The Balaban J connectivity index is 2.29. The van der Waals surface area contributed by atoms with Crippen molar-refractivity contribution in [1.82, 2.24) is 9.97 Å². The van der Waals surface area contributed by atoms with Crippen LogP contribution < -0.4 is 5.32 Å². The molecule has 0 bridgehead atoms. The van der Waals surface area contributed by atoms with Gasteiger partial charge in [-0.2, -0.15) is 0 Å². The van der Waals surface area contributed by atoms with Crippen LogP contribution in [0.3, 0.4) is 0 Å². The maximum atomic E-state index is 12.9. The van der Waals surface area contributed by atoms with Gasteiger partial charge in [-0.1, -0.05) is 0 Å². The third-order valence-electron chi connectivity index (χ3n) is 2.28. The van der Waals surface area contributed by atoms with E-state index in [0.29, 0.717) is 5.95 Å². The van der Waals surface area contributed by atoms with Gasteiger partial charge >= 0.3 is 0 Å². The first-order chi connectivity index (χ1) is 8.44. The van der Waals surface area contributed by atoms with E-state index < -0.39 is 0 Å². The largest absolute Gasteiger partial charge is 0.350 e. The van der Waals surface area contributed by atoms with Crippen molar-refractivity contribution in [1.29, 1.82) is 0 Å². The van der Waals surface area contributed by atoms with Crippen molar-refractivity contribution in [3.05, 3.63) is 42.3 Å². The Bertz CT molecular complexity index is 529. The molecule has 0 unspecified atom stereocenters. The van der Waals surface area contributed by atoms with Gasteiger partial charge in [-0.3, -0.25) is 0 Å². The molecule has 1 N–H and O–H groups in total. The van der Waals surface area contributed by atoms with Crippen LogP contribution in [-0.2, 0) is 0 Å². The van der Waals surface area contributed by atoms with E-state index in [1.54, 1.807) is 24.4 Å². The summed E-state index contributed by atoms with van der Waals surface area (Å²) in [6.45, 7) is 6.13.